The third kappa shape index (κ3) is 3.40. The van der Waals surface area contributed by atoms with Crippen molar-refractivity contribution < 1.29 is 18.8 Å². The smallest absolute Gasteiger partial charge is 0.238 e. The lowest BCUT2D eigenvalue weighted by atomic mass is 9.64. The van der Waals surface area contributed by atoms with Gasteiger partial charge in [0.05, 0.1) is 12.0 Å². The number of amides is 1. The average molecular weight is 593 g/mol. The van der Waals surface area contributed by atoms with E-state index in [1.807, 2.05) is 65.6 Å². The number of carbonyl (C=O) groups is 3. The van der Waals surface area contributed by atoms with Crippen LogP contribution in [0.1, 0.15) is 31.8 Å². The number of halogens is 2. The van der Waals surface area contributed by atoms with Crippen LogP contribution in [0.4, 0.5) is 15.8 Å². The predicted molar refractivity (Wildman–Crippen MR) is 155 cm³/mol. The summed E-state index contributed by atoms with van der Waals surface area (Å²) in [4.78, 5) is 45.4. The Kier molecular flexibility index (Phi) is 5.61. The van der Waals surface area contributed by atoms with Crippen molar-refractivity contribution in [3.63, 3.8) is 0 Å². The first kappa shape index (κ1) is 24.7. The summed E-state index contributed by atoms with van der Waals surface area (Å²) >= 11 is 3.43. The van der Waals surface area contributed by atoms with Gasteiger partial charge in [-0.2, -0.15) is 0 Å². The zero-order valence-electron chi connectivity index (χ0n) is 21.1. The number of anilines is 2. The summed E-state index contributed by atoms with van der Waals surface area (Å²) in [6.07, 6.45) is 3.89. The van der Waals surface area contributed by atoms with Crippen LogP contribution in [-0.4, -0.2) is 29.6 Å². The van der Waals surface area contributed by atoms with Gasteiger partial charge in [0.2, 0.25) is 5.91 Å². The first-order valence-corrected chi connectivity index (χ1v) is 13.8. The zero-order valence-corrected chi connectivity index (χ0v) is 22.6. The Hall–Kier alpha value is -4.36. The minimum Gasteiger partial charge on any atom is -0.352 e. The van der Waals surface area contributed by atoms with Crippen LogP contribution in [0.15, 0.2) is 108 Å². The van der Waals surface area contributed by atoms with Crippen molar-refractivity contribution in [1.82, 2.24) is 0 Å². The van der Waals surface area contributed by atoms with Gasteiger partial charge in [-0.25, -0.2) is 4.39 Å². The Labute approximate surface area is 238 Å². The van der Waals surface area contributed by atoms with Gasteiger partial charge in [0.25, 0.3) is 0 Å². The van der Waals surface area contributed by atoms with Gasteiger partial charge in [-0.1, -0.05) is 76.6 Å². The fourth-order valence-corrected chi connectivity index (χ4v) is 6.96. The van der Waals surface area contributed by atoms with Crippen LogP contribution >= 0.6 is 15.9 Å². The van der Waals surface area contributed by atoms with Crippen LogP contribution < -0.4 is 10.2 Å². The number of benzene rings is 4. The minimum atomic E-state index is -1.40. The molecule has 7 heteroatoms. The van der Waals surface area contributed by atoms with E-state index in [0.717, 1.165) is 15.7 Å². The third-order valence-electron chi connectivity index (χ3n) is 8.35. The van der Waals surface area contributed by atoms with E-state index < -0.39 is 29.2 Å². The largest absolute Gasteiger partial charge is 0.352 e. The van der Waals surface area contributed by atoms with Crippen LogP contribution in [0, 0.1) is 11.7 Å². The second-order valence-corrected chi connectivity index (χ2v) is 11.2. The van der Waals surface area contributed by atoms with Crippen molar-refractivity contribution in [1.29, 1.82) is 0 Å². The molecular weight excluding hydrogens is 571 g/mol. The molecular formula is C33H22BrFN2O3. The molecule has 4 aromatic rings. The molecule has 3 aliphatic rings. The van der Waals surface area contributed by atoms with E-state index in [2.05, 4.69) is 21.2 Å². The van der Waals surface area contributed by atoms with Gasteiger partial charge in [0.1, 0.15) is 17.3 Å². The Morgan fingerprint density at radius 3 is 2.25 bits per heavy atom. The Bertz CT molecular complexity index is 1730. The normalized spacial score (nSPS) is 23.9. The molecule has 0 radical (unpaired) electrons. The summed E-state index contributed by atoms with van der Waals surface area (Å²) in [6.45, 7) is 0. The second kappa shape index (κ2) is 9.10. The van der Waals surface area contributed by atoms with Crippen molar-refractivity contribution in [2.45, 2.75) is 17.5 Å². The lowest BCUT2D eigenvalue weighted by Crippen LogP contribution is -2.51. The number of hydrogen-bond donors (Lipinski definition) is 1. The lowest BCUT2D eigenvalue weighted by molar-refractivity contribution is -0.121. The number of ketones is 2. The highest BCUT2D eigenvalue weighted by molar-refractivity contribution is 9.10. The monoisotopic (exact) mass is 592 g/mol. The summed E-state index contributed by atoms with van der Waals surface area (Å²) in [5, 5.41) is 3.01. The highest BCUT2D eigenvalue weighted by Gasteiger charge is 2.70. The maximum absolute atomic E-state index is 14.6. The van der Waals surface area contributed by atoms with E-state index in [1.54, 1.807) is 24.3 Å². The number of para-hydroxylation sites is 2. The van der Waals surface area contributed by atoms with Crippen molar-refractivity contribution in [2.24, 2.45) is 5.92 Å². The number of nitrogens with one attached hydrogen (secondary N) is 1. The van der Waals surface area contributed by atoms with Crippen molar-refractivity contribution in [3.05, 3.63) is 136 Å². The maximum atomic E-state index is 14.6. The van der Waals surface area contributed by atoms with Crippen LogP contribution in [0.3, 0.4) is 0 Å². The minimum absolute atomic E-state index is 0.244. The molecule has 5 nitrogen and oxygen atoms in total. The molecule has 0 aromatic heterocycles. The van der Waals surface area contributed by atoms with E-state index in [4.69, 9.17) is 0 Å². The molecule has 40 heavy (non-hydrogen) atoms. The molecule has 3 heterocycles. The maximum Gasteiger partial charge on any atom is 0.238 e. The molecule has 196 valence electrons. The fraction of sp³-hybridized carbons (Fsp3) is 0.121. The highest BCUT2D eigenvalue weighted by Crippen LogP contribution is 2.58. The summed E-state index contributed by atoms with van der Waals surface area (Å²) in [5.41, 5.74) is 2.23. The molecule has 0 bridgehead atoms. The topological polar surface area (TPSA) is 66.5 Å². The van der Waals surface area contributed by atoms with E-state index in [9.17, 15) is 18.8 Å². The number of nitrogens with zero attached hydrogens (tertiary/aromatic N) is 1. The van der Waals surface area contributed by atoms with Gasteiger partial charge in [-0.3, -0.25) is 14.4 Å². The van der Waals surface area contributed by atoms with Gasteiger partial charge in [0, 0.05) is 27.0 Å². The predicted octanol–water partition coefficient (Wildman–Crippen LogP) is 6.44. The molecule has 1 amide bonds. The number of rotatable bonds is 4. The molecule has 0 saturated carbocycles. The summed E-state index contributed by atoms with van der Waals surface area (Å²) in [5.74, 6) is -2.56. The average Bonchev–Trinajstić information content (AvgIpc) is 3.45. The summed E-state index contributed by atoms with van der Waals surface area (Å²) in [6, 6.07) is 25.7. The van der Waals surface area contributed by atoms with Gasteiger partial charge in [0.15, 0.2) is 11.6 Å². The van der Waals surface area contributed by atoms with Crippen LogP contribution in [0.25, 0.3) is 6.08 Å². The molecule has 3 aliphatic heterocycles. The van der Waals surface area contributed by atoms with Gasteiger partial charge < -0.3 is 10.2 Å². The molecule has 1 fully saturated rings. The quantitative estimate of drug-likeness (QED) is 0.277. The molecule has 0 aliphatic carbocycles. The molecule has 1 spiro atoms. The summed E-state index contributed by atoms with van der Waals surface area (Å²) < 4.78 is 14.7. The Balaban J connectivity index is 1.53. The van der Waals surface area contributed by atoms with Crippen molar-refractivity contribution in [3.8, 4) is 0 Å². The number of hydrogen-bond acceptors (Lipinski definition) is 4. The Morgan fingerprint density at radius 1 is 0.825 bits per heavy atom. The number of Topliss-reactive ketones (excluding diaryl/α,β-unsaturated/α-hetero) is 2. The first-order chi connectivity index (χ1) is 19.4. The van der Waals surface area contributed by atoms with Gasteiger partial charge >= 0.3 is 0 Å². The van der Waals surface area contributed by atoms with Gasteiger partial charge in [-0.05, 0) is 59.7 Å². The van der Waals surface area contributed by atoms with Crippen molar-refractivity contribution >= 4 is 50.9 Å². The van der Waals surface area contributed by atoms with E-state index >= 15 is 0 Å². The van der Waals surface area contributed by atoms with Crippen LogP contribution in [0.5, 0.6) is 0 Å². The molecule has 4 atom stereocenters. The number of carbonyl (C=O) groups excluding carboxylic acids is 3. The highest BCUT2D eigenvalue weighted by atomic mass is 79.9. The fourth-order valence-electron chi connectivity index (χ4n) is 6.70. The molecule has 1 N–H and O–H groups in total. The second-order valence-electron chi connectivity index (χ2n) is 10.3. The third-order valence-corrected chi connectivity index (χ3v) is 8.88. The molecule has 0 unspecified atom stereocenters. The van der Waals surface area contributed by atoms with Crippen LogP contribution in [0.2, 0.25) is 0 Å². The SMILES string of the molecule is O=C(c1ccc(F)cc1)[C@@H]1[C@H](C(=O)c2ccc(Br)cc2)N2c3ccccc3C=C[C@H]2[C@@]12C(=O)Nc1ccccc12. The van der Waals surface area contributed by atoms with E-state index in [1.165, 1.54) is 24.3 Å². The van der Waals surface area contributed by atoms with E-state index in [-0.39, 0.29) is 23.0 Å². The van der Waals surface area contributed by atoms with Crippen molar-refractivity contribution in [2.75, 3.05) is 10.2 Å². The summed E-state index contributed by atoms with van der Waals surface area (Å²) in [7, 11) is 0. The molecule has 4 aromatic carbocycles. The first-order valence-electron chi connectivity index (χ1n) is 13.0. The standard InChI is InChI=1S/C33H22BrFN2O3/c34-22-14-9-21(10-15-22)31(39)29-28(30(38)20-11-16-23(35)17-12-20)33(24-6-2-3-7-25(24)36-32(33)40)27-18-13-19-5-1-4-8-26(19)37(27)29/h1-18,27-29H,(H,36,40)/t27-,28-,29+,33+/m0/s1. The molecule has 7 rings (SSSR count). The number of fused-ring (bicyclic) bond motifs is 6. The Morgan fingerprint density at radius 2 is 1.48 bits per heavy atom. The van der Waals surface area contributed by atoms with Gasteiger partial charge in [-0.15, -0.1) is 0 Å². The lowest BCUT2D eigenvalue weighted by Gasteiger charge is -2.37. The molecule has 1 saturated heterocycles. The van der Waals surface area contributed by atoms with Crippen LogP contribution in [-0.2, 0) is 10.2 Å². The van der Waals surface area contributed by atoms with E-state index in [0.29, 0.717) is 16.8 Å². The zero-order chi connectivity index (χ0) is 27.6.